The quantitative estimate of drug-likeness (QED) is 0.517. The highest BCUT2D eigenvalue weighted by Gasteiger charge is 2.27. The van der Waals surface area contributed by atoms with E-state index in [-0.39, 0.29) is 20.4 Å². The molecule has 0 aromatic carbocycles. The highest BCUT2D eigenvalue weighted by molar-refractivity contribution is 4.43. The summed E-state index contributed by atoms with van der Waals surface area (Å²) in [5.41, 5.74) is 0. The summed E-state index contributed by atoms with van der Waals surface area (Å²) in [6.07, 6.45) is 0. The van der Waals surface area contributed by atoms with Crippen LogP contribution in [0.25, 0.3) is 0 Å². The maximum Gasteiger partial charge on any atom is 0.285 e. The Kier molecular flexibility index (Phi) is 7.96. The molecule has 0 saturated heterocycles. The predicted molar refractivity (Wildman–Crippen MR) is 47.3 cm³/mol. The summed E-state index contributed by atoms with van der Waals surface area (Å²) in [6, 6.07) is 0. The molecule has 0 aliphatic heterocycles. The molecule has 0 aromatic rings. The van der Waals surface area contributed by atoms with Crippen molar-refractivity contribution < 1.29 is 28.4 Å². The van der Waals surface area contributed by atoms with Crippen molar-refractivity contribution in [1.82, 2.24) is 0 Å². The van der Waals surface area contributed by atoms with Gasteiger partial charge in [-0.05, 0) is 0 Å². The average Bonchev–Trinajstić information content (AvgIpc) is 2.21. The fourth-order valence-corrected chi connectivity index (χ4v) is 0.623. The van der Waals surface area contributed by atoms with Crippen LogP contribution >= 0.6 is 0 Å². The van der Waals surface area contributed by atoms with Gasteiger partial charge in [0.05, 0.1) is 0 Å². The lowest BCUT2D eigenvalue weighted by Crippen LogP contribution is -2.37. The summed E-state index contributed by atoms with van der Waals surface area (Å²) >= 11 is 0. The first kappa shape index (κ1) is 13.8. The molecular formula is C8H18O6. The lowest BCUT2D eigenvalue weighted by molar-refractivity contribution is -0.414. The van der Waals surface area contributed by atoms with Gasteiger partial charge in [0.1, 0.15) is 0 Å². The maximum atomic E-state index is 5.16. The smallest absolute Gasteiger partial charge is 0.285 e. The van der Waals surface area contributed by atoms with E-state index in [2.05, 4.69) is 0 Å². The SMILES string of the molecule is COCOC(C)(OCOC)OCOC. The van der Waals surface area contributed by atoms with Crippen molar-refractivity contribution >= 4 is 0 Å². The summed E-state index contributed by atoms with van der Waals surface area (Å²) < 4.78 is 29.7. The second kappa shape index (κ2) is 8.10. The van der Waals surface area contributed by atoms with Crippen molar-refractivity contribution in [1.29, 1.82) is 0 Å². The molecule has 0 radical (unpaired) electrons. The Morgan fingerprint density at radius 3 is 1.21 bits per heavy atom. The standard InChI is InChI=1S/C8H18O6/c1-8(12-5-9-2,13-6-10-3)14-7-11-4/h5-7H2,1-4H3. The maximum absolute atomic E-state index is 5.16. The molecule has 0 atom stereocenters. The number of ether oxygens (including phenoxy) is 6. The summed E-state index contributed by atoms with van der Waals surface area (Å²) in [5.74, 6) is -1.22. The van der Waals surface area contributed by atoms with Gasteiger partial charge in [-0.15, -0.1) is 0 Å². The van der Waals surface area contributed by atoms with Gasteiger partial charge in [0.2, 0.25) is 0 Å². The Morgan fingerprint density at radius 1 is 0.714 bits per heavy atom. The van der Waals surface area contributed by atoms with Crippen LogP contribution in [0, 0.1) is 0 Å². The molecule has 6 nitrogen and oxygen atoms in total. The Bertz CT molecular complexity index is 107. The van der Waals surface area contributed by atoms with Crippen molar-refractivity contribution in [3.63, 3.8) is 0 Å². The summed E-state index contributed by atoms with van der Waals surface area (Å²) in [7, 11) is 4.52. The highest BCUT2D eigenvalue weighted by atomic mass is 16.9. The Hall–Kier alpha value is -0.240. The first-order valence-corrected chi connectivity index (χ1v) is 4.07. The number of methoxy groups -OCH3 is 3. The molecule has 0 amide bonds. The van der Waals surface area contributed by atoms with Crippen LogP contribution in [0.4, 0.5) is 0 Å². The largest absolute Gasteiger partial charge is 0.358 e. The second-order valence-corrected chi connectivity index (χ2v) is 2.51. The van der Waals surface area contributed by atoms with Crippen molar-refractivity contribution in [2.24, 2.45) is 0 Å². The third-order valence-corrected chi connectivity index (χ3v) is 1.32. The second-order valence-electron chi connectivity index (χ2n) is 2.51. The number of hydrogen-bond donors (Lipinski definition) is 0. The summed E-state index contributed by atoms with van der Waals surface area (Å²) in [5, 5.41) is 0. The normalized spacial score (nSPS) is 12.0. The van der Waals surface area contributed by atoms with E-state index in [0.29, 0.717) is 0 Å². The van der Waals surface area contributed by atoms with E-state index in [0.717, 1.165) is 0 Å². The molecule has 0 bridgehead atoms. The van der Waals surface area contributed by atoms with Crippen molar-refractivity contribution in [3.8, 4) is 0 Å². The topological polar surface area (TPSA) is 55.4 Å². The Balaban J connectivity index is 3.89. The fraction of sp³-hybridized carbons (Fsp3) is 1.00. The van der Waals surface area contributed by atoms with Gasteiger partial charge in [0, 0.05) is 28.3 Å². The minimum atomic E-state index is -1.22. The first-order valence-electron chi connectivity index (χ1n) is 4.07. The Morgan fingerprint density at radius 2 is 1.00 bits per heavy atom. The zero-order valence-electron chi connectivity index (χ0n) is 9.07. The van der Waals surface area contributed by atoms with E-state index in [1.54, 1.807) is 6.92 Å². The lowest BCUT2D eigenvalue weighted by atomic mass is 10.6. The van der Waals surface area contributed by atoms with Gasteiger partial charge in [-0.3, -0.25) is 0 Å². The van der Waals surface area contributed by atoms with Crippen LogP contribution in [0.15, 0.2) is 0 Å². The lowest BCUT2D eigenvalue weighted by Gasteiger charge is -2.28. The predicted octanol–water partition coefficient (Wildman–Crippen LogP) is 0.522. The van der Waals surface area contributed by atoms with Crippen LogP contribution < -0.4 is 0 Å². The average molecular weight is 210 g/mol. The number of hydrogen-bond acceptors (Lipinski definition) is 6. The zero-order valence-corrected chi connectivity index (χ0v) is 9.07. The third-order valence-electron chi connectivity index (χ3n) is 1.32. The van der Waals surface area contributed by atoms with Crippen LogP contribution in [0.1, 0.15) is 6.92 Å². The Labute approximate surface area is 84.0 Å². The van der Waals surface area contributed by atoms with Gasteiger partial charge in [-0.25, -0.2) is 0 Å². The van der Waals surface area contributed by atoms with Crippen molar-refractivity contribution in [3.05, 3.63) is 0 Å². The molecular weight excluding hydrogens is 192 g/mol. The molecule has 0 fully saturated rings. The molecule has 0 aliphatic carbocycles. The van der Waals surface area contributed by atoms with Gasteiger partial charge in [0.25, 0.3) is 5.97 Å². The van der Waals surface area contributed by atoms with Crippen LogP contribution in [0.2, 0.25) is 0 Å². The van der Waals surface area contributed by atoms with E-state index < -0.39 is 5.97 Å². The number of rotatable bonds is 9. The minimum Gasteiger partial charge on any atom is -0.358 e. The summed E-state index contributed by atoms with van der Waals surface area (Å²) in [6.45, 7) is 1.78. The molecule has 0 aliphatic rings. The summed E-state index contributed by atoms with van der Waals surface area (Å²) in [4.78, 5) is 0. The van der Waals surface area contributed by atoms with Crippen molar-refractivity contribution in [2.75, 3.05) is 41.7 Å². The van der Waals surface area contributed by atoms with Gasteiger partial charge in [-0.1, -0.05) is 0 Å². The third kappa shape index (κ3) is 6.25. The van der Waals surface area contributed by atoms with E-state index in [4.69, 9.17) is 28.4 Å². The molecule has 0 spiro atoms. The zero-order chi connectivity index (χ0) is 10.9. The van der Waals surface area contributed by atoms with Crippen LogP contribution in [-0.4, -0.2) is 47.7 Å². The van der Waals surface area contributed by atoms with Crippen LogP contribution in [0.3, 0.4) is 0 Å². The van der Waals surface area contributed by atoms with Gasteiger partial charge in [0.15, 0.2) is 20.4 Å². The fourth-order valence-electron chi connectivity index (χ4n) is 0.623. The van der Waals surface area contributed by atoms with Crippen LogP contribution in [0.5, 0.6) is 0 Å². The van der Waals surface area contributed by atoms with Crippen LogP contribution in [-0.2, 0) is 28.4 Å². The van der Waals surface area contributed by atoms with E-state index in [1.165, 1.54) is 21.3 Å². The minimum absolute atomic E-state index is 0.0595. The molecule has 0 heterocycles. The first-order chi connectivity index (χ1) is 6.68. The van der Waals surface area contributed by atoms with Gasteiger partial charge in [-0.2, -0.15) is 0 Å². The molecule has 0 saturated carbocycles. The van der Waals surface area contributed by atoms with E-state index >= 15 is 0 Å². The van der Waals surface area contributed by atoms with E-state index in [9.17, 15) is 0 Å². The molecule has 0 unspecified atom stereocenters. The highest BCUT2D eigenvalue weighted by Crippen LogP contribution is 2.14. The van der Waals surface area contributed by atoms with Gasteiger partial charge >= 0.3 is 0 Å². The molecule has 14 heavy (non-hydrogen) atoms. The van der Waals surface area contributed by atoms with Crippen molar-refractivity contribution in [2.45, 2.75) is 12.9 Å². The van der Waals surface area contributed by atoms with Gasteiger partial charge < -0.3 is 28.4 Å². The molecule has 6 heteroatoms. The molecule has 0 rings (SSSR count). The monoisotopic (exact) mass is 210 g/mol. The molecule has 0 N–H and O–H groups in total. The van der Waals surface area contributed by atoms with E-state index in [1.807, 2.05) is 0 Å². The molecule has 86 valence electrons. The molecule has 0 aromatic heterocycles.